The minimum Gasteiger partial charge on any atom is -0.404 e. The largest absolute Gasteiger partial charge is 0.433 e. The van der Waals surface area contributed by atoms with E-state index in [4.69, 9.17) is 15.9 Å². The van der Waals surface area contributed by atoms with E-state index in [2.05, 4.69) is 4.98 Å². The number of carbonyl (C=O) groups excluding carboxylic acids is 1. The molecule has 8 nitrogen and oxygen atoms in total. The van der Waals surface area contributed by atoms with Crippen molar-refractivity contribution in [1.82, 2.24) is 14.8 Å². The number of carbonyl (C=O) groups is 1. The van der Waals surface area contributed by atoms with Crippen molar-refractivity contribution < 1.29 is 36.6 Å². The van der Waals surface area contributed by atoms with E-state index in [1.807, 2.05) is 4.90 Å². The SMILES string of the molecule is N=C(F)/C(=C\N)c1cccc(C(=O)N2CCN3C[C@@](O)(c4ccc(C(F)(F)F)nc4)OC[C@@H]3C2)c1F. The normalized spacial score (nSPS) is 23.3. The quantitative estimate of drug-likeness (QED) is 0.429. The maximum atomic E-state index is 15.0. The van der Waals surface area contributed by atoms with Gasteiger partial charge < -0.3 is 20.5 Å². The van der Waals surface area contributed by atoms with E-state index in [9.17, 15) is 27.5 Å². The van der Waals surface area contributed by atoms with Crippen LogP contribution in [-0.4, -0.2) is 70.6 Å². The Kier molecular flexibility index (Phi) is 6.82. The van der Waals surface area contributed by atoms with Gasteiger partial charge in [0, 0.05) is 43.2 Å². The third kappa shape index (κ3) is 4.81. The Morgan fingerprint density at radius 3 is 2.58 bits per heavy atom. The van der Waals surface area contributed by atoms with Crippen molar-refractivity contribution in [2.45, 2.75) is 18.0 Å². The van der Waals surface area contributed by atoms with Crippen LogP contribution in [0.5, 0.6) is 0 Å². The first-order chi connectivity index (χ1) is 16.9. The zero-order chi connectivity index (χ0) is 26.3. The highest BCUT2D eigenvalue weighted by atomic mass is 19.4. The van der Waals surface area contributed by atoms with E-state index in [1.54, 1.807) is 0 Å². The highest BCUT2D eigenvalue weighted by Gasteiger charge is 2.44. The minimum atomic E-state index is -4.61. The first kappa shape index (κ1) is 25.7. The molecule has 192 valence electrons. The Labute approximate surface area is 202 Å². The molecular weight excluding hydrogens is 489 g/mol. The smallest absolute Gasteiger partial charge is 0.404 e. The number of fused-ring (bicyclic) bond motifs is 1. The van der Waals surface area contributed by atoms with Crippen LogP contribution in [-0.2, 0) is 16.7 Å². The second kappa shape index (κ2) is 9.56. The molecule has 0 saturated carbocycles. The summed E-state index contributed by atoms with van der Waals surface area (Å²) in [6, 6.07) is 5.32. The van der Waals surface area contributed by atoms with Gasteiger partial charge in [-0.25, -0.2) is 4.39 Å². The fourth-order valence-corrected chi connectivity index (χ4v) is 4.32. The Morgan fingerprint density at radius 1 is 1.25 bits per heavy atom. The monoisotopic (exact) mass is 511 g/mol. The molecule has 36 heavy (non-hydrogen) atoms. The molecule has 1 aromatic carbocycles. The minimum absolute atomic E-state index is 0.0527. The Hall–Kier alpha value is -3.42. The number of halogens is 5. The van der Waals surface area contributed by atoms with E-state index in [0.29, 0.717) is 0 Å². The number of hydrogen-bond donors (Lipinski definition) is 3. The number of nitrogens with zero attached hydrogens (tertiary/aromatic N) is 3. The van der Waals surface area contributed by atoms with Gasteiger partial charge >= 0.3 is 6.18 Å². The van der Waals surface area contributed by atoms with Crippen molar-refractivity contribution >= 4 is 17.4 Å². The number of alkyl halides is 3. The summed E-state index contributed by atoms with van der Waals surface area (Å²) < 4.78 is 72.4. The van der Waals surface area contributed by atoms with E-state index in [-0.39, 0.29) is 55.5 Å². The van der Waals surface area contributed by atoms with Crippen LogP contribution in [0.3, 0.4) is 0 Å². The summed E-state index contributed by atoms with van der Waals surface area (Å²) in [6.07, 6.45) is -2.95. The number of amides is 1. The molecule has 0 spiro atoms. The van der Waals surface area contributed by atoms with Crippen molar-refractivity contribution in [2.75, 3.05) is 32.8 Å². The average molecular weight is 511 g/mol. The maximum Gasteiger partial charge on any atom is 0.433 e. The number of benzene rings is 1. The summed E-state index contributed by atoms with van der Waals surface area (Å²) in [4.78, 5) is 19.7. The second-order valence-corrected chi connectivity index (χ2v) is 8.46. The number of nitrogens with two attached hydrogens (primary N) is 1. The first-order valence-corrected chi connectivity index (χ1v) is 10.8. The van der Waals surface area contributed by atoms with Crippen LogP contribution in [0, 0.1) is 11.2 Å². The molecule has 13 heteroatoms. The number of pyridine rings is 1. The summed E-state index contributed by atoms with van der Waals surface area (Å²) in [6.45, 7) is 0.449. The van der Waals surface area contributed by atoms with Gasteiger partial charge in [0.15, 0.2) is 0 Å². The molecule has 0 radical (unpaired) electrons. The van der Waals surface area contributed by atoms with Crippen LogP contribution in [0.4, 0.5) is 22.0 Å². The predicted octanol–water partition coefficient (Wildman–Crippen LogP) is 2.49. The lowest BCUT2D eigenvalue weighted by atomic mass is 10.00. The number of aliphatic hydroxyl groups is 1. The molecule has 4 rings (SSSR count). The zero-order valence-electron chi connectivity index (χ0n) is 18.7. The number of ether oxygens (including phenoxy) is 1. The predicted molar refractivity (Wildman–Crippen MR) is 118 cm³/mol. The van der Waals surface area contributed by atoms with Gasteiger partial charge in [0.2, 0.25) is 11.8 Å². The average Bonchev–Trinajstić information content (AvgIpc) is 2.84. The molecule has 1 amide bonds. The van der Waals surface area contributed by atoms with Gasteiger partial charge in [-0.3, -0.25) is 20.1 Å². The third-order valence-electron chi connectivity index (χ3n) is 6.25. The summed E-state index contributed by atoms with van der Waals surface area (Å²) in [5, 5.41) is 18.1. The van der Waals surface area contributed by atoms with Crippen LogP contribution in [0.1, 0.15) is 27.2 Å². The topological polar surface area (TPSA) is 116 Å². The maximum absolute atomic E-state index is 15.0. The molecule has 0 bridgehead atoms. The molecule has 2 fully saturated rings. The van der Waals surface area contributed by atoms with Crippen LogP contribution in [0.15, 0.2) is 42.7 Å². The fraction of sp³-hybridized carbons (Fsp3) is 0.348. The van der Waals surface area contributed by atoms with Crippen molar-refractivity contribution in [1.29, 1.82) is 5.41 Å². The van der Waals surface area contributed by atoms with Gasteiger partial charge in [0.1, 0.15) is 11.5 Å². The summed E-state index contributed by atoms with van der Waals surface area (Å²) in [7, 11) is 0. The zero-order valence-corrected chi connectivity index (χ0v) is 18.7. The van der Waals surface area contributed by atoms with Gasteiger partial charge in [-0.05, 0) is 18.2 Å². The molecule has 3 heterocycles. The number of morpholine rings is 1. The molecule has 0 aliphatic carbocycles. The Morgan fingerprint density at radius 2 is 1.97 bits per heavy atom. The lowest BCUT2D eigenvalue weighted by molar-refractivity contribution is -0.265. The van der Waals surface area contributed by atoms with E-state index < -0.39 is 40.9 Å². The standard InChI is InChI=1S/C23H22F5N5O3/c24-19-15(17(8-29)20(25)30)2-1-3-16(19)21(34)32-6-7-33-12-22(35,36-11-14(33)10-32)13-4-5-18(31-9-13)23(26,27)28/h1-5,8-9,14,30,35H,6-7,10-12,29H2/b17-8-,30-20?/t14-,22-/m0/s1. The number of rotatable bonds is 4. The number of allylic oxidation sites excluding steroid dienone is 1. The summed E-state index contributed by atoms with van der Waals surface area (Å²) in [5.41, 5.74) is 3.17. The van der Waals surface area contributed by atoms with Gasteiger partial charge in [0.05, 0.1) is 30.3 Å². The van der Waals surface area contributed by atoms with Crippen molar-refractivity contribution in [3.63, 3.8) is 0 Å². The van der Waals surface area contributed by atoms with Gasteiger partial charge in [0.25, 0.3) is 5.91 Å². The Bertz CT molecular complexity index is 1200. The summed E-state index contributed by atoms with van der Waals surface area (Å²) >= 11 is 0. The number of aromatic nitrogens is 1. The molecule has 2 aromatic rings. The van der Waals surface area contributed by atoms with Crippen LogP contribution < -0.4 is 5.73 Å². The van der Waals surface area contributed by atoms with Crippen LogP contribution in [0.25, 0.3) is 5.57 Å². The molecular formula is C23H22F5N5O3. The van der Waals surface area contributed by atoms with E-state index in [1.165, 1.54) is 23.1 Å². The molecule has 2 saturated heterocycles. The highest BCUT2D eigenvalue weighted by Crippen LogP contribution is 2.33. The second-order valence-electron chi connectivity index (χ2n) is 8.46. The molecule has 4 N–H and O–H groups in total. The molecule has 2 aliphatic rings. The van der Waals surface area contributed by atoms with Crippen LogP contribution >= 0.6 is 0 Å². The summed E-state index contributed by atoms with van der Waals surface area (Å²) in [5.74, 6) is -4.98. The highest BCUT2D eigenvalue weighted by molar-refractivity contribution is 6.17. The number of piperazine rings is 1. The lowest BCUT2D eigenvalue weighted by Gasteiger charge is -2.48. The molecule has 1 aromatic heterocycles. The molecule has 0 unspecified atom stereocenters. The third-order valence-corrected chi connectivity index (χ3v) is 6.25. The van der Waals surface area contributed by atoms with Crippen LogP contribution in [0.2, 0.25) is 0 Å². The molecule has 2 aliphatic heterocycles. The number of hydrogen-bond acceptors (Lipinski definition) is 7. The number of nitrogens with one attached hydrogen (secondary N) is 1. The Balaban J connectivity index is 1.47. The van der Waals surface area contributed by atoms with Crippen molar-refractivity contribution in [3.8, 4) is 0 Å². The van der Waals surface area contributed by atoms with Gasteiger partial charge in [-0.15, -0.1) is 0 Å². The van der Waals surface area contributed by atoms with Gasteiger partial charge in [-0.2, -0.15) is 17.6 Å². The lowest BCUT2D eigenvalue weighted by Crippen LogP contribution is -2.63. The first-order valence-electron chi connectivity index (χ1n) is 10.8. The van der Waals surface area contributed by atoms with Crippen molar-refractivity contribution in [3.05, 3.63) is 70.9 Å². The molecule has 2 atom stereocenters. The van der Waals surface area contributed by atoms with Gasteiger partial charge in [-0.1, -0.05) is 12.1 Å². The van der Waals surface area contributed by atoms with E-state index in [0.717, 1.165) is 24.5 Å². The van der Waals surface area contributed by atoms with Crippen molar-refractivity contribution in [2.24, 2.45) is 5.73 Å². The fourth-order valence-electron chi connectivity index (χ4n) is 4.32. The van der Waals surface area contributed by atoms with E-state index >= 15 is 4.39 Å².